The number of pyridine rings is 1. The van der Waals surface area contributed by atoms with Crippen molar-refractivity contribution < 1.29 is 14.1 Å². The lowest BCUT2D eigenvalue weighted by atomic mass is 9.46. The Kier molecular flexibility index (Phi) is 4.56. The Hall–Kier alpha value is -2.16. The summed E-state index contributed by atoms with van der Waals surface area (Å²) in [6, 6.07) is 14.0. The molecule has 3 aliphatic rings. The van der Waals surface area contributed by atoms with Gasteiger partial charge in [0.25, 0.3) is 0 Å². The average molecular weight is 350 g/mol. The third-order valence-electron chi connectivity index (χ3n) is 6.73. The van der Waals surface area contributed by atoms with Gasteiger partial charge in [-0.15, -0.1) is 0 Å². The van der Waals surface area contributed by atoms with E-state index >= 15 is 0 Å². The predicted molar refractivity (Wildman–Crippen MR) is 101 cm³/mol. The van der Waals surface area contributed by atoms with Crippen molar-refractivity contribution in [1.29, 1.82) is 0 Å². The van der Waals surface area contributed by atoms with Crippen LogP contribution >= 0.6 is 0 Å². The number of hydrogen-bond donors (Lipinski definition) is 0. The smallest absolute Gasteiger partial charge is 0.344 e. The molecule has 3 atom stereocenters. The second-order valence-corrected chi connectivity index (χ2v) is 8.55. The second kappa shape index (κ2) is 6.86. The number of benzene rings is 1. The Morgan fingerprint density at radius 3 is 2.69 bits per heavy atom. The fourth-order valence-electron chi connectivity index (χ4n) is 4.96. The molecule has 1 aromatic carbocycles. The fraction of sp³-hybridized carbons (Fsp3) is 0.478. The quantitative estimate of drug-likeness (QED) is 0.596. The molecule has 0 radical (unpaired) electrons. The van der Waals surface area contributed by atoms with Crippen molar-refractivity contribution in [2.45, 2.75) is 39.7 Å². The molecule has 0 saturated heterocycles. The molecule has 0 unspecified atom stereocenters. The Labute approximate surface area is 156 Å². The lowest BCUT2D eigenvalue weighted by molar-refractivity contribution is -0.688. The van der Waals surface area contributed by atoms with Crippen LogP contribution in [0.5, 0.6) is 0 Å². The van der Waals surface area contributed by atoms with Crippen LogP contribution in [0.15, 0.2) is 54.9 Å². The first kappa shape index (κ1) is 17.3. The molecule has 136 valence electrons. The van der Waals surface area contributed by atoms with E-state index in [2.05, 4.69) is 26.0 Å². The standard InChI is InChI=1S/C23H28NO2/c1-23(2)20-11-10-19(21(23)13-20)16-26-22(25)18-9-6-12-24(15-18)14-17-7-4-3-5-8-17/h3-9,12,15,19-21H,10-11,13-14,16H2,1-2H3/q+1/t19-,20+,21+/m0/s1. The van der Waals surface area contributed by atoms with E-state index in [1.165, 1.54) is 24.8 Å². The van der Waals surface area contributed by atoms with E-state index in [4.69, 9.17) is 4.74 Å². The number of ether oxygens (including phenoxy) is 1. The van der Waals surface area contributed by atoms with Crippen molar-refractivity contribution in [3.8, 4) is 0 Å². The topological polar surface area (TPSA) is 30.2 Å². The highest BCUT2D eigenvalue weighted by Gasteiger charge is 2.54. The molecule has 2 aromatic rings. The van der Waals surface area contributed by atoms with Crippen LogP contribution in [-0.2, 0) is 11.3 Å². The minimum atomic E-state index is -0.202. The molecule has 2 bridgehead atoms. The van der Waals surface area contributed by atoms with Crippen molar-refractivity contribution in [2.24, 2.45) is 23.2 Å². The number of esters is 1. The molecule has 0 spiro atoms. The van der Waals surface area contributed by atoms with E-state index in [0.717, 1.165) is 12.5 Å². The molecule has 1 heterocycles. The molecule has 0 N–H and O–H groups in total. The molecule has 3 saturated carbocycles. The molecule has 1 aromatic heterocycles. The lowest BCUT2D eigenvalue weighted by Gasteiger charge is -2.60. The average Bonchev–Trinajstić information content (AvgIpc) is 2.67. The zero-order valence-corrected chi connectivity index (χ0v) is 15.7. The van der Waals surface area contributed by atoms with Gasteiger partial charge in [-0.05, 0) is 48.5 Å². The van der Waals surface area contributed by atoms with Gasteiger partial charge in [0.1, 0.15) is 5.56 Å². The molecule has 3 heteroatoms. The third-order valence-corrected chi connectivity index (χ3v) is 6.73. The summed E-state index contributed by atoms with van der Waals surface area (Å²) in [6.07, 6.45) is 7.68. The van der Waals surface area contributed by atoms with Gasteiger partial charge in [-0.3, -0.25) is 0 Å². The zero-order chi connectivity index (χ0) is 18.1. The van der Waals surface area contributed by atoms with E-state index in [1.807, 2.05) is 47.3 Å². The zero-order valence-electron chi connectivity index (χ0n) is 15.7. The Morgan fingerprint density at radius 1 is 1.15 bits per heavy atom. The van der Waals surface area contributed by atoms with Crippen LogP contribution in [-0.4, -0.2) is 12.6 Å². The molecular weight excluding hydrogens is 322 g/mol. The predicted octanol–water partition coefficient (Wildman–Crippen LogP) is 4.25. The molecule has 26 heavy (non-hydrogen) atoms. The second-order valence-electron chi connectivity index (χ2n) is 8.55. The van der Waals surface area contributed by atoms with Gasteiger partial charge in [-0.2, -0.15) is 4.57 Å². The normalized spacial score (nSPS) is 26.0. The summed E-state index contributed by atoms with van der Waals surface area (Å²) in [5.41, 5.74) is 2.28. The van der Waals surface area contributed by atoms with E-state index in [-0.39, 0.29) is 5.97 Å². The van der Waals surface area contributed by atoms with E-state index < -0.39 is 0 Å². The van der Waals surface area contributed by atoms with Gasteiger partial charge in [0.05, 0.1) is 6.61 Å². The number of nitrogens with zero attached hydrogens (tertiary/aromatic N) is 1. The summed E-state index contributed by atoms with van der Waals surface area (Å²) < 4.78 is 7.74. The maximum absolute atomic E-state index is 12.5. The minimum absolute atomic E-state index is 0.202. The van der Waals surface area contributed by atoms with Crippen molar-refractivity contribution in [2.75, 3.05) is 6.61 Å². The number of carbonyl (C=O) groups excluding carboxylic acids is 1. The van der Waals surface area contributed by atoms with Crippen molar-refractivity contribution in [1.82, 2.24) is 0 Å². The van der Waals surface area contributed by atoms with Crippen LogP contribution in [0.25, 0.3) is 0 Å². The monoisotopic (exact) mass is 350 g/mol. The highest BCUT2D eigenvalue weighted by molar-refractivity contribution is 5.88. The van der Waals surface area contributed by atoms with E-state index in [0.29, 0.717) is 29.4 Å². The van der Waals surface area contributed by atoms with Gasteiger partial charge in [0.2, 0.25) is 0 Å². The summed E-state index contributed by atoms with van der Waals surface area (Å²) in [7, 11) is 0. The fourth-order valence-corrected chi connectivity index (χ4v) is 4.96. The van der Waals surface area contributed by atoms with Crippen LogP contribution < -0.4 is 4.57 Å². The van der Waals surface area contributed by atoms with Gasteiger partial charge in [0.15, 0.2) is 18.9 Å². The highest BCUT2D eigenvalue weighted by Crippen LogP contribution is 2.61. The Bertz CT molecular complexity index is 782. The maximum Gasteiger partial charge on any atom is 0.344 e. The van der Waals surface area contributed by atoms with Crippen LogP contribution in [0.1, 0.15) is 49.0 Å². The minimum Gasteiger partial charge on any atom is -0.462 e. The van der Waals surface area contributed by atoms with Crippen LogP contribution in [0, 0.1) is 23.2 Å². The molecule has 0 amide bonds. The van der Waals surface area contributed by atoms with Gasteiger partial charge < -0.3 is 4.74 Å². The third kappa shape index (κ3) is 3.27. The van der Waals surface area contributed by atoms with Crippen molar-refractivity contribution in [3.05, 3.63) is 66.0 Å². The summed E-state index contributed by atoms with van der Waals surface area (Å²) >= 11 is 0. The number of fused-ring (bicyclic) bond motifs is 2. The van der Waals surface area contributed by atoms with Gasteiger partial charge in [-0.1, -0.05) is 44.2 Å². The maximum atomic E-state index is 12.5. The van der Waals surface area contributed by atoms with Crippen LogP contribution in [0.3, 0.4) is 0 Å². The van der Waals surface area contributed by atoms with Gasteiger partial charge in [0, 0.05) is 11.6 Å². The molecule has 5 rings (SSSR count). The Morgan fingerprint density at radius 2 is 1.96 bits per heavy atom. The largest absolute Gasteiger partial charge is 0.462 e. The van der Waals surface area contributed by atoms with Crippen molar-refractivity contribution in [3.63, 3.8) is 0 Å². The lowest BCUT2D eigenvalue weighted by Crippen LogP contribution is -2.53. The first-order chi connectivity index (χ1) is 12.5. The summed E-state index contributed by atoms with van der Waals surface area (Å²) in [4.78, 5) is 12.5. The van der Waals surface area contributed by atoms with Crippen LogP contribution in [0.2, 0.25) is 0 Å². The summed E-state index contributed by atoms with van der Waals surface area (Å²) in [6.45, 7) is 6.07. The number of hydrogen-bond acceptors (Lipinski definition) is 2. The Balaban J connectivity index is 1.37. The highest BCUT2D eigenvalue weighted by atomic mass is 16.5. The van der Waals surface area contributed by atoms with Gasteiger partial charge in [-0.25, -0.2) is 4.79 Å². The number of aromatic nitrogens is 1. The first-order valence-corrected chi connectivity index (χ1v) is 9.74. The number of carbonyl (C=O) groups is 1. The number of rotatable bonds is 5. The van der Waals surface area contributed by atoms with Crippen molar-refractivity contribution >= 4 is 5.97 Å². The van der Waals surface area contributed by atoms with Gasteiger partial charge >= 0.3 is 5.97 Å². The summed E-state index contributed by atoms with van der Waals surface area (Å²) in [5.74, 6) is 1.92. The molecule has 3 nitrogen and oxygen atoms in total. The first-order valence-electron chi connectivity index (χ1n) is 9.74. The SMILES string of the molecule is CC1(C)[C@@H]2CC[C@@H](COC(=O)c3ccc[n+](Cc4ccccc4)c3)[C@H]1C2. The molecule has 3 aliphatic carbocycles. The van der Waals surface area contributed by atoms with Crippen LogP contribution in [0.4, 0.5) is 0 Å². The van der Waals surface area contributed by atoms with E-state index in [9.17, 15) is 4.79 Å². The molecule has 0 aliphatic heterocycles. The molecule has 3 fully saturated rings. The summed E-state index contributed by atoms with van der Waals surface area (Å²) in [5, 5.41) is 0. The molecular formula is C23H28NO2+. The van der Waals surface area contributed by atoms with E-state index in [1.54, 1.807) is 0 Å².